The molecule has 29 heavy (non-hydrogen) atoms. The Hall–Kier alpha value is -3.24. The number of esters is 1. The van der Waals surface area contributed by atoms with Crippen molar-refractivity contribution in [1.82, 2.24) is 4.72 Å². The third-order valence-corrected chi connectivity index (χ3v) is 5.00. The quantitative estimate of drug-likeness (QED) is 0.528. The van der Waals surface area contributed by atoms with Gasteiger partial charge in [-0.05, 0) is 36.4 Å². The number of benzene rings is 2. The van der Waals surface area contributed by atoms with Gasteiger partial charge in [-0.15, -0.1) is 0 Å². The zero-order chi connectivity index (χ0) is 21.3. The van der Waals surface area contributed by atoms with Crippen LogP contribution in [0.2, 0.25) is 0 Å². The molecular weight excluding hydrogens is 398 g/mol. The summed E-state index contributed by atoms with van der Waals surface area (Å²) in [6.07, 6.45) is -0.234. The molecule has 154 valence electrons. The number of anilines is 2. The molecule has 2 rings (SSSR count). The number of sulfonamides is 1. The molecule has 10 heteroatoms. The number of nitrogens with one attached hydrogen (secondary N) is 3. The van der Waals surface area contributed by atoms with Gasteiger partial charge in [-0.3, -0.25) is 14.4 Å². The molecule has 0 heterocycles. The minimum absolute atomic E-state index is 0.0118. The maximum Gasteiger partial charge on any atom is 0.307 e. The Bertz CT molecular complexity index is 959. The molecule has 2 aromatic rings. The van der Waals surface area contributed by atoms with Crippen LogP contribution in [-0.2, 0) is 29.1 Å². The Labute approximate surface area is 168 Å². The third-order valence-electron chi connectivity index (χ3n) is 3.53. The Kier molecular flexibility index (Phi) is 7.87. The number of amides is 2. The summed E-state index contributed by atoms with van der Waals surface area (Å²) in [5, 5.41) is 5.09. The van der Waals surface area contributed by atoms with Gasteiger partial charge in [-0.25, -0.2) is 13.1 Å². The molecule has 0 saturated carbocycles. The predicted molar refractivity (Wildman–Crippen MR) is 107 cm³/mol. The van der Waals surface area contributed by atoms with Crippen LogP contribution < -0.4 is 15.4 Å². The summed E-state index contributed by atoms with van der Waals surface area (Å²) >= 11 is 0. The lowest BCUT2D eigenvalue weighted by Gasteiger charge is -2.09. The van der Waals surface area contributed by atoms with Crippen molar-refractivity contribution in [3.8, 4) is 0 Å². The average molecular weight is 419 g/mol. The normalized spacial score (nSPS) is 10.8. The molecule has 3 N–H and O–H groups in total. The summed E-state index contributed by atoms with van der Waals surface area (Å²) in [5.74, 6) is -1.48. The molecule has 0 fully saturated rings. The largest absolute Gasteiger partial charge is 0.456 e. The van der Waals surface area contributed by atoms with Gasteiger partial charge in [-0.2, -0.15) is 0 Å². The fourth-order valence-electron chi connectivity index (χ4n) is 2.23. The van der Waals surface area contributed by atoms with Crippen molar-refractivity contribution >= 4 is 39.2 Å². The van der Waals surface area contributed by atoms with E-state index in [-0.39, 0.29) is 23.8 Å². The number of carbonyl (C=O) groups excluding carboxylic acids is 3. The second-order valence-electron chi connectivity index (χ2n) is 5.93. The zero-order valence-corrected chi connectivity index (χ0v) is 16.5. The molecule has 9 nitrogen and oxygen atoms in total. The highest BCUT2D eigenvalue weighted by Crippen LogP contribution is 2.14. The summed E-state index contributed by atoms with van der Waals surface area (Å²) in [6.45, 7) is 0.691. The van der Waals surface area contributed by atoms with Crippen LogP contribution >= 0.6 is 0 Å². The molecule has 0 bridgehead atoms. The van der Waals surface area contributed by atoms with Crippen LogP contribution in [0.1, 0.15) is 13.3 Å². The van der Waals surface area contributed by atoms with E-state index < -0.39 is 28.5 Å². The van der Waals surface area contributed by atoms with Crippen LogP contribution in [0.15, 0.2) is 59.5 Å². The number of ether oxygens (including phenoxy) is 1. The third kappa shape index (κ3) is 7.72. The Balaban J connectivity index is 1.74. The standard InChI is InChI=1S/C19H21N3O6S/c1-14(23)21-16-7-9-17(10-8-16)29(26,27)20-12-11-19(25)28-13-18(24)22-15-5-3-2-4-6-15/h2-10,20H,11-13H2,1H3,(H,21,23)(H,22,24). The number of hydrogen-bond donors (Lipinski definition) is 3. The lowest BCUT2D eigenvalue weighted by molar-refractivity contribution is -0.147. The SMILES string of the molecule is CC(=O)Nc1ccc(S(=O)(=O)NCCC(=O)OCC(=O)Nc2ccccc2)cc1. The molecule has 0 spiro atoms. The van der Waals surface area contributed by atoms with Crippen LogP contribution in [0.25, 0.3) is 0 Å². The van der Waals surface area contributed by atoms with E-state index in [0.717, 1.165) is 0 Å². The predicted octanol–water partition coefficient (Wildman–Crippen LogP) is 1.50. The molecule has 2 aromatic carbocycles. The second kappa shape index (κ2) is 10.3. The van der Waals surface area contributed by atoms with Gasteiger partial charge in [0.05, 0.1) is 11.3 Å². The van der Waals surface area contributed by atoms with Crippen molar-refractivity contribution in [2.75, 3.05) is 23.8 Å². The van der Waals surface area contributed by atoms with Crippen molar-refractivity contribution in [3.63, 3.8) is 0 Å². The number of rotatable bonds is 9. The Morgan fingerprint density at radius 1 is 0.897 bits per heavy atom. The van der Waals surface area contributed by atoms with Crippen molar-refractivity contribution in [1.29, 1.82) is 0 Å². The van der Waals surface area contributed by atoms with E-state index in [1.807, 2.05) is 0 Å². The van der Waals surface area contributed by atoms with Crippen LogP contribution in [0.3, 0.4) is 0 Å². The van der Waals surface area contributed by atoms with E-state index >= 15 is 0 Å². The van der Waals surface area contributed by atoms with Crippen LogP contribution in [0.4, 0.5) is 11.4 Å². The first-order valence-electron chi connectivity index (χ1n) is 8.64. The van der Waals surface area contributed by atoms with Crippen molar-refractivity contribution in [3.05, 3.63) is 54.6 Å². The molecule has 0 saturated heterocycles. The van der Waals surface area contributed by atoms with Gasteiger partial charge in [-0.1, -0.05) is 18.2 Å². The summed E-state index contributed by atoms with van der Waals surface area (Å²) in [7, 11) is -3.82. The first-order valence-corrected chi connectivity index (χ1v) is 10.1. The topological polar surface area (TPSA) is 131 Å². The molecule has 0 aliphatic rings. The highest BCUT2D eigenvalue weighted by Gasteiger charge is 2.15. The van der Waals surface area contributed by atoms with Crippen molar-refractivity contribution in [2.24, 2.45) is 0 Å². The van der Waals surface area contributed by atoms with E-state index in [0.29, 0.717) is 11.4 Å². The minimum Gasteiger partial charge on any atom is -0.456 e. The Morgan fingerprint density at radius 3 is 2.14 bits per heavy atom. The van der Waals surface area contributed by atoms with Gasteiger partial charge >= 0.3 is 5.97 Å². The molecule has 0 unspecified atom stereocenters. The summed E-state index contributed by atoms with van der Waals surface area (Å²) in [4.78, 5) is 34.4. The first kappa shape index (κ1) is 22.1. The van der Waals surface area contributed by atoms with Gasteiger partial charge in [0.1, 0.15) is 0 Å². The second-order valence-corrected chi connectivity index (χ2v) is 7.70. The molecule has 0 radical (unpaired) electrons. The molecular formula is C19H21N3O6S. The lowest BCUT2D eigenvalue weighted by atomic mass is 10.3. The van der Waals surface area contributed by atoms with E-state index in [2.05, 4.69) is 15.4 Å². The van der Waals surface area contributed by atoms with Gasteiger partial charge in [0.15, 0.2) is 6.61 Å². The fourth-order valence-corrected chi connectivity index (χ4v) is 3.26. The number of para-hydroxylation sites is 1. The maximum atomic E-state index is 12.2. The summed E-state index contributed by atoms with van der Waals surface area (Å²) < 4.78 is 31.5. The zero-order valence-electron chi connectivity index (χ0n) is 15.7. The molecule has 0 aliphatic carbocycles. The van der Waals surface area contributed by atoms with Gasteiger partial charge < -0.3 is 15.4 Å². The summed E-state index contributed by atoms with van der Waals surface area (Å²) in [6, 6.07) is 14.3. The first-order chi connectivity index (χ1) is 13.8. The minimum atomic E-state index is -3.82. The van der Waals surface area contributed by atoms with Crippen molar-refractivity contribution < 1.29 is 27.5 Å². The van der Waals surface area contributed by atoms with Crippen LogP contribution in [-0.4, -0.2) is 39.4 Å². The molecule has 0 atom stereocenters. The Morgan fingerprint density at radius 2 is 1.52 bits per heavy atom. The van der Waals surface area contributed by atoms with E-state index in [1.54, 1.807) is 30.3 Å². The number of hydrogen-bond acceptors (Lipinski definition) is 6. The van der Waals surface area contributed by atoms with Crippen LogP contribution in [0.5, 0.6) is 0 Å². The molecule has 2 amide bonds. The van der Waals surface area contributed by atoms with E-state index in [1.165, 1.54) is 31.2 Å². The number of carbonyl (C=O) groups is 3. The maximum absolute atomic E-state index is 12.2. The molecule has 0 aromatic heterocycles. The van der Waals surface area contributed by atoms with Crippen LogP contribution in [0, 0.1) is 0 Å². The summed E-state index contributed by atoms with van der Waals surface area (Å²) in [5.41, 5.74) is 1.04. The van der Waals surface area contributed by atoms with Crippen molar-refractivity contribution in [2.45, 2.75) is 18.2 Å². The highest BCUT2D eigenvalue weighted by molar-refractivity contribution is 7.89. The smallest absolute Gasteiger partial charge is 0.307 e. The highest BCUT2D eigenvalue weighted by atomic mass is 32.2. The molecule has 0 aliphatic heterocycles. The van der Waals surface area contributed by atoms with E-state index in [4.69, 9.17) is 4.74 Å². The van der Waals surface area contributed by atoms with E-state index in [9.17, 15) is 22.8 Å². The van der Waals surface area contributed by atoms with Gasteiger partial charge in [0, 0.05) is 24.8 Å². The fraction of sp³-hybridized carbons (Fsp3) is 0.211. The van der Waals surface area contributed by atoms with Gasteiger partial charge in [0.25, 0.3) is 5.91 Å². The lowest BCUT2D eigenvalue weighted by Crippen LogP contribution is -2.28. The van der Waals surface area contributed by atoms with Gasteiger partial charge in [0.2, 0.25) is 15.9 Å². The average Bonchev–Trinajstić information content (AvgIpc) is 2.67. The monoisotopic (exact) mass is 419 g/mol.